The molecular formula is C20H38O5. The predicted octanol–water partition coefficient (Wildman–Crippen LogP) is 3.81. The van der Waals surface area contributed by atoms with E-state index in [1.165, 1.54) is 32.1 Å². The van der Waals surface area contributed by atoms with Crippen LogP contribution < -0.4 is 0 Å². The van der Waals surface area contributed by atoms with Crippen LogP contribution in [0.25, 0.3) is 0 Å². The van der Waals surface area contributed by atoms with E-state index in [0.717, 1.165) is 38.7 Å². The highest BCUT2D eigenvalue weighted by Crippen LogP contribution is 2.33. The van der Waals surface area contributed by atoms with Crippen LogP contribution >= 0.6 is 0 Å². The highest BCUT2D eigenvalue weighted by molar-refractivity contribution is 4.86. The molecule has 1 N–H and O–H groups in total. The minimum Gasteiger partial charge on any atom is -0.394 e. The molecule has 2 aliphatic rings. The molecule has 25 heavy (non-hydrogen) atoms. The lowest BCUT2D eigenvalue weighted by atomic mass is 10.1. The first-order valence-corrected chi connectivity index (χ1v) is 10.4. The SMILES string of the molecule is CCCCCCCCOC1CC[C@@H]([C@H]2CC[C@H]([C@H](CO)OCC)O2)O1. The zero-order valence-electron chi connectivity index (χ0n) is 16.2. The Morgan fingerprint density at radius 1 is 0.920 bits per heavy atom. The van der Waals surface area contributed by atoms with E-state index in [-0.39, 0.29) is 37.3 Å². The molecule has 5 nitrogen and oxygen atoms in total. The number of aliphatic hydroxyl groups excluding tert-OH is 1. The lowest BCUT2D eigenvalue weighted by molar-refractivity contribution is -0.168. The van der Waals surface area contributed by atoms with E-state index < -0.39 is 0 Å². The average Bonchev–Trinajstić information content (AvgIpc) is 3.28. The third-order valence-corrected chi connectivity index (χ3v) is 5.29. The summed E-state index contributed by atoms with van der Waals surface area (Å²) in [5.74, 6) is 0. The van der Waals surface area contributed by atoms with Crippen molar-refractivity contribution in [3.8, 4) is 0 Å². The van der Waals surface area contributed by atoms with Crippen LogP contribution in [0.4, 0.5) is 0 Å². The summed E-state index contributed by atoms with van der Waals surface area (Å²) in [6.45, 7) is 5.61. The van der Waals surface area contributed by atoms with Crippen LogP contribution in [0.5, 0.6) is 0 Å². The van der Waals surface area contributed by atoms with E-state index in [1.54, 1.807) is 0 Å². The third kappa shape index (κ3) is 7.14. The Hall–Kier alpha value is -0.200. The molecule has 2 saturated heterocycles. The van der Waals surface area contributed by atoms with Crippen molar-refractivity contribution in [3.63, 3.8) is 0 Å². The van der Waals surface area contributed by atoms with E-state index >= 15 is 0 Å². The molecular weight excluding hydrogens is 320 g/mol. The van der Waals surface area contributed by atoms with Crippen LogP contribution in [0, 0.1) is 0 Å². The van der Waals surface area contributed by atoms with Crippen LogP contribution in [-0.2, 0) is 18.9 Å². The second-order valence-electron chi connectivity index (χ2n) is 7.29. The number of ether oxygens (including phenoxy) is 4. The molecule has 0 aliphatic carbocycles. The third-order valence-electron chi connectivity index (χ3n) is 5.29. The first-order chi connectivity index (χ1) is 12.3. The molecule has 0 saturated carbocycles. The van der Waals surface area contributed by atoms with Crippen LogP contribution in [-0.4, -0.2) is 55.6 Å². The van der Waals surface area contributed by atoms with Gasteiger partial charge in [-0.3, -0.25) is 0 Å². The predicted molar refractivity (Wildman–Crippen MR) is 97.6 cm³/mol. The Morgan fingerprint density at radius 3 is 2.40 bits per heavy atom. The highest BCUT2D eigenvalue weighted by atomic mass is 16.7. The number of hydrogen-bond donors (Lipinski definition) is 1. The molecule has 148 valence electrons. The van der Waals surface area contributed by atoms with E-state index in [9.17, 15) is 5.11 Å². The van der Waals surface area contributed by atoms with Crippen LogP contribution in [0.1, 0.15) is 78.1 Å². The van der Waals surface area contributed by atoms with Crippen molar-refractivity contribution in [3.05, 3.63) is 0 Å². The van der Waals surface area contributed by atoms with Crippen LogP contribution in [0.2, 0.25) is 0 Å². The van der Waals surface area contributed by atoms with Crippen molar-refractivity contribution in [1.29, 1.82) is 0 Å². The van der Waals surface area contributed by atoms with Crippen molar-refractivity contribution in [1.82, 2.24) is 0 Å². The quantitative estimate of drug-likeness (QED) is 0.507. The molecule has 1 unspecified atom stereocenters. The van der Waals surface area contributed by atoms with Gasteiger partial charge in [0, 0.05) is 19.6 Å². The summed E-state index contributed by atoms with van der Waals surface area (Å²) in [4.78, 5) is 0. The summed E-state index contributed by atoms with van der Waals surface area (Å²) in [6, 6.07) is 0. The van der Waals surface area contributed by atoms with Gasteiger partial charge in [0.25, 0.3) is 0 Å². The Kier molecular flexibility index (Phi) is 10.3. The molecule has 0 aromatic carbocycles. The zero-order chi connectivity index (χ0) is 17.9. The van der Waals surface area contributed by atoms with Crippen molar-refractivity contribution < 1.29 is 24.1 Å². The molecule has 0 amide bonds. The fourth-order valence-electron chi connectivity index (χ4n) is 3.85. The maximum Gasteiger partial charge on any atom is 0.158 e. The van der Waals surface area contributed by atoms with Crippen LogP contribution in [0.15, 0.2) is 0 Å². The molecule has 2 heterocycles. The topological polar surface area (TPSA) is 57.2 Å². The highest BCUT2D eigenvalue weighted by Gasteiger charge is 2.40. The number of rotatable bonds is 13. The zero-order valence-corrected chi connectivity index (χ0v) is 16.2. The molecule has 2 rings (SSSR count). The molecule has 5 heteroatoms. The van der Waals surface area contributed by atoms with E-state index in [4.69, 9.17) is 18.9 Å². The number of unbranched alkanes of at least 4 members (excludes halogenated alkanes) is 5. The number of hydrogen-bond acceptors (Lipinski definition) is 5. The van der Waals surface area contributed by atoms with Gasteiger partial charge < -0.3 is 24.1 Å². The summed E-state index contributed by atoms with van der Waals surface area (Å²) in [7, 11) is 0. The summed E-state index contributed by atoms with van der Waals surface area (Å²) in [6.07, 6.45) is 11.5. The normalized spacial score (nSPS) is 30.8. The van der Waals surface area contributed by atoms with Gasteiger partial charge in [0.05, 0.1) is 24.9 Å². The Bertz CT molecular complexity index is 338. The molecule has 2 fully saturated rings. The van der Waals surface area contributed by atoms with Gasteiger partial charge in [-0.2, -0.15) is 0 Å². The lowest BCUT2D eigenvalue weighted by Gasteiger charge is -2.24. The summed E-state index contributed by atoms with van der Waals surface area (Å²) in [5.41, 5.74) is 0. The van der Waals surface area contributed by atoms with Gasteiger partial charge in [-0.1, -0.05) is 39.0 Å². The van der Waals surface area contributed by atoms with Gasteiger partial charge >= 0.3 is 0 Å². The standard InChI is InChI=1S/C20H38O5/c1-3-5-6-7-8-9-14-23-20-13-12-17(25-20)16-10-11-18(24-16)19(15-21)22-4-2/h16-21H,3-15H2,1-2H3/t16-,17+,18-,19+,20?/m1/s1. The first-order valence-electron chi connectivity index (χ1n) is 10.4. The molecule has 0 spiro atoms. The molecule has 0 aromatic rings. The van der Waals surface area contributed by atoms with E-state index in [1.807, 2.05) is 6.92 Å². The van der Waals surface area contributed by atoms with E-state index in [0.29, 0.717) is 6.61 Å². The van der Waals surface area contributed by atoms with E-state index in [2.05, 4.69) is 6.92 Å². The molecule has 2 aliphatic heterocycles. The maximum atomic E-state index is 9.44. The van der Waals surface area contributed by atoms with Crippen LogP contribution in [0.3, 0.4) is 0 Å². The minimum atomic E-state index is -0.212. The van der Waals surface area contributed by atoms with Gasteiger partial charge in [-0.15, -0.1) is 0 Å². The van der Waals surface area contributed by atoms with Gasteiger partial charge in [0.1, 0.15) is 6.10 Å². The lowest BCUT2D eigenvalue weighted by Crippen LogP contribution is -2.35. The monoisotopic (exact) mass is 358 g/mol. The van der Waals surface area contributed by atoms with Crippen molar-refractivity contribution >= 4 is 0 Å². The fourth-order valence-corrected chi connectivity index (χ4v) is 3.85. The Labute approximate surface area is 153 Å². The fraction of sp³-hybridized carbons (Fsp3) is 1.00. The molecule has 0 radical (unpaired) electrons. The number of aliphatic hydroxyl groups is 1. The molecule has 0 aromatic heterocycles. The van der Waals surface area contributed by atoms with Crippen molar-refractivity contribution in [2.45, 2.75) is 109 Å². The summed E-state index contributed by atoms with van der Waals surface area (Å²) >= 11 is 0. The first kappa shape index (κ1) is 21.1. The average molecular weight is 359 g/mol. The summed E-state index contributed by atoms with van der Waals surface area (Å²) < 4.78 is 23.6. The smallest absolute Gasteiger partial charge is 0.158 e. The molecule has 0 bridgehead atoms. The van der Waals surface area contributed by atoms with Crippen molar-refractivity contribution in [2.24, 2.45) is 0 Å². The minimum absolute atomic E-state index is 0.0124. The molecule has 5 atom stereocenters. The van der Waals surface area contributed by atoms with Crippen molar-refractivity contribution in [2.75, 3.05) is 19.8 Å². The Morgan fingerprint density at radius 2 is 1.64 bits per heavy atom. The maximum absolute atomic E-state index is 9.44. The van der Waals surface area contributed by atoms with Gasteiger partial charge in [0.15, 0.2) is 6.29 Å². The second kappa shape index (κ2) is 12.2. The second-order valence-corrected chi connectivity index (χ2v) is 7.29. The summed E-state index contributed by atoms with van der Waals surface area (Å²) in [5, 5.41) is 9.44. The largest absolute Gasteiger partial charge is 0.394 e. The van der Waals surface area contributed by atoms with Gasteiger partial charge in [-0.25, -0.2) is 0 Å². The van der Waals surface area contributed by atoms with Gasteiger partial charge in [0.2, 0.25) is 0 Å². The van der Waals surface area contributed by atoms with Gasteiger partial charge in [-0.05, 0) is 32.6 Å². The Balaban J connectivity index is 1.58.